The molecule has 2 aliphatic heterocycles. The van der Waals surface area contributed by atoms with Crippen molar-refractivity contribution < 1.29 is 4.79 Å². The smallest absolute Gasteiger partial charge is 0.276 e. The van der Waals surface area contributed by atoms with Gasteiger partial charge in [0.15, 0.2) is 11.3 Å². The summed E-state index contributed by atoms with van der Waals surface area (Å²) in [4.78, 5) is 20.0. The quantitative estimate of drug-likeness (QED) is 0.774. The van der Waals surface area contributed by atoms with Crippen molar-refractivity contribution in [2.24, 2.45) is 10.1 Å². The van der Waals surface area contributed by atoms with Crippen LogP contribution in [0.3, 0.4) is 0 Å². The van der Waals surface area contributed by atoms with Crippen LogP contribution in [-0.2, 0) is 4.79 Å². The molecule has 2 aliphatic rings. The lowest BCUT2D eigenvalue weighted by atomic mass is 10.1. The van der Waals surface area contributed by atoms with E-state index >= 15 is 0 Å². The fraction of sp³-hybridized carbons (Fsp3) is 0.318. The number of fused-ring (bicyclic) bond motifs is 2. The molecule has 0 unspecified atom stereocenters. The molecule has 0 spiro atoms. The summed E-state index contributed by atoms with van der Waals surface area (Å²) in [6, 6.07) is 16.0. The van der Waals surface area contributed by atoms with E-state index in [1.807, 2.05) is 38.4 Å². The SMILES string of the molecule is CCCCSC1=NN2C(=c3ccccc3=N[C@H]2c2ccc(N(C)C)cc2)C(=O)N1. The molecule has 1 amide bonds. The number of carbonyl (C=O) groups excluding carboxylic acids is 1. The number of para-hydroxylation sites is 1. The number of nitrogens with one attached hydrogen (secondary N) is 1. The first-order chi connectivity index (χ1) is 14.1. The Balaban J connectivity index is 1.80. The standard InChI is InChI=1S/C22H25N5OS/c1-4-5-14-29-22-24-21(28)19-17-8-6-7-9-18(17)23-20(27(19)25-22)15-10-12-16(13-11-15)26(2)3/h6-13,20H,4-5,14H2,1-3H3,(H,24,25,28)/t20-/m1/s1. The summed E-state index contributed by atoms with van der Waals surface area (Å²) >= 11 is 1.58. The molecule has 4 rings (SSSR count). The van der Waals surface area contributed by atoms with E-state index in [9.17, 15) is 4.79 Å². The largest absolute Gasteiger partial charge is 0.378 e. The third-order valence-electron chi connectivity index (χ3n) is 4.96. The van der Waals surface area contributed by atoms with Crippen molar-refractivity contribution in [2.45, 2.75) is 25.9 Å². The first kappa shape index (κ1) is 19.5. The van der Waals surface area contributed by atoms with Crippen LogP contribution < -0.4 is 20.8 Å². The first-order valence-corrected chi connectivity index (χ1v) is 10.8. The molecular formula is C22H25N5OS. The second kappa shape index (κ2) is 8.29. The number of rotatable bonds is 5. The molecule has 2 heterocycles. The van der Waals surface area contributed by atoms with Crippen LogP contribution in [0.1, 0.15) is 31.5 Å². The number of amides is 1. The van der Waals surface area contributed by atoms with E-state index in [0.717, 1.165) is 40.4 Å². The molecule has 0 saturated carbocycles. The van der Waals surface area contributed by atoms with Crippen molar-refractivity contribution in [3.63, 3.8) is 0 Å². The van der Waals surface area contributed by atoms with Crippen molar-refractivity contribution in [3.05, 3.63) is 64.7 Å². The van der Waals surface area contributed by atoms with E-state index in [4.69, 9.17) is 10.1 Å². The van der Waals surface area contributed by atoms with Gasteiger partial charge in [-0.2, -0.15) is 0 Å². The van der Waals surface area contributed by atoms with E-state index in [2.05, 4.69) is 41.4 Å². The van der Waals surface area contributed by atoms with Crippen LogP contribution in [0, 0.1) is 0 Å². The molecule has 29 heavy (non-hydrogen) atoms. The average Bonchev–Trinajstić information content (AvgIpc) is 2.73. The second-order valence-electron chi connectivity index (χ2n) is 7.26. The predicted octanol–water partition coefficient (Wildman–Crippen LogP) is 2.43. The third kappa shape index (κ3) is 3.87. The number of nitrogens with zero attached hydrogens (tertiary/aromatic N) is 4. The Labute approximate surface area is 175 Å². The van der Waals surface area contributed by atoms with E-state index in [0.29, 0.717) is 10.9 Å². The van der Waals surface area contributed by atoms with Gasteiger partial charge in [-0.15, -0.1) is 5.10 Å². The molecule has 7 heteroatoms. The first-order valence-electron chi connectivity index (χ1n) is 9.85. The second-order valence-corrected chi connectivity index (χ2v) is 8.34. The Morgan fingerprint density at radius 2 is 1.90 bits per heavy atom. The van der Waals surface area contributed by atoms with Gasteiger partial charge in [-0.05, 0) is 30.2 Å². The van der Waals surface area contributed by atoms with E-state index in [1.54, 1.807) is 16.8 Å². The van der Waals surface area contributed by atoms with Gasteiger partial charge in [-0.3, -0.25) is 15.1 Å². The van der Waals surface area contributed by atoms with Crippen LogP contribution in [0.15, 0.2) is 58.6 Å². The highest BCUT2D eigenvalue weighted by Crippen LogP contribution is 2.31. The average molecular weight is 408 g/mol. The van der Waals surface area contributed by atoms with Crippen LogP contribution in [0.4, 0.5) is 5.69 Å². The lowest BCUT2D eigenvalue weighted by Gasteiger charge is -2.34. The number of benzene rings is 2. The summed E-state index contributed by atoms with van der Waals surface area (Å²) < 4.78 is 0. The highest BCUT2D eigenvalue weighted by Gasteiger charge is 2.34. The zero-order valence-electron chi connectivity index (χ0n) is 16.9. The highest BCUT2D eigenvalue weighted by molar-refractivity contribution is 8.13. The minimum atomic E-state index is -0.371. The monoisotopic (exact) mass is 407 g/mol. The minimum absolute atomic E-state index is 0.128. The Morgan fingerprint density at radius 3 is 2.62 bits per heavy atom. The molecule has 6 nitrogen and oxygen atoms in total. The summed E-state index contributed by atoms with van der Waals surface area (Å²) in [6.45, 7) is 2.15. The fourth-order valence-corrected chi connectivity index (χ4v) is 4.30. The Morgan fingerprint density at radius 1 is 1.14 bits per heavy atom. The van der Waals surface area contributed by atoms with Crippen LogP contribution in [0.25, 0.3) is 5.70 Å². The van der Waals surface area contributed by atoms with Gasteiger partial charge >= 0.3 is 0 Å². The van der Waals surface area contributed by atoms with Crippen LogP contribution in [0.5, 0.6) is 0 Å². The zero-order valence-corrected chi connectivity index (χ0v) is 17.7. The van der Waals surface area contributed by atoms with Gasteiger partial charge in [0.05, 0.1) is 5.36 Å². The maximum absolute atomic E-state index is 13.0. The number of hydrogen-bond donors (Lipinski definition) is 1. The molecule has 2 aromatic rings. The Kier molecular flexibility index (Phi) is 5.58. The molecule has 1 atom stereocenters. The molecule has 0 saturated heterocycles. The van der Waals surface area contributed by atoms with Gasteiger partial charge in [0.2, 0.25) is 0 Å². The summed E-state index contributed by atoms with van der Waals surface area (Å²) in [5.41, 5.74) is 2.67. The molecule has 2 aromatic carbocycles. The fourth-order valence-electron chi connectivity index (χ4n) is 3.37. The number of hydrazone groups is 1. The summed E-state index contributed by atoms with van der Waals surface area (Å²) in [6.07, 6.45) is 1.82. The van der Waals surface area contributed by atoms with Crippen molar-refractivity contribution in [1.82, 2.24) is 10.3 Å². The molecular weight excluding hydrogens is 382 g/mol. The molecule has 0 radical (unpaired) electrons. The normalized spacial score (nSPS) is 17.7. The molecule has 0 aliphatic carbocycles. The number of hydrogen-bond acceptors (Lipinski definition) is 6. The van der Waals surface area contributed by atoms with Gasteiger partial charge in [0.25, 0.3) is 5.91 Å². The van der Waals surface area contributed by atoms with Crippen molar-refractivity contribution in [2.75, 3.05) is 24.7 Å². The van der Waals surface area contributed by atoms with Crippen LogP contribution >= 0.6 is 11.8 Å². The highest BCUT2D eigenvalue weighted by atomic mass is 32.2. The van der Waals surface area contributed by atoms with E-state index in [-0.39, 0.29) is 12.1 Å². The lowest BCUT2D eigenvalue weighted by molar-refractivity contribution is -0.116. The van der Waals surface area contributed by atoms with E-state index in [1.165, 1.54) is 0 Å². The lowest BCUT2D eigenvalue weighted by Crippen LogP contribution is -2.50. The van der Waals surface area contributed by atoms with E-state index < -0.39 is 0 Å². The minimum Gasteiger partial charge on any atom is -0.378 e. The Bertz CT molecular complexity index is 1060. The summed E-state index contributed by atoms with van der Waals surface area (Å²) in [5.74, 6) is 0.797. The van der Waals surface area contributed by atoms with Gasteiger partial charge in [-0.1, -0.05) is 55.4 Å². The van der Waals surface area contributed by atoms with Crippen LogP contribution in [-0.4, -0.2) is 35.9 Å². The van der Waals surface area contributed by atoms with Gasteiger partial charge < -0.3 is 4.90 Å². The van der Waals surface area contributed by atoms with Crippen LogP contribution in [0.2, 0.25) is 0 Å². The van der Waals surface area contributed by atoms with Crippen molar-refractivity contribution >= 4 is 34.2 Å². The van der Waals surface area contributed by atoms with Gasteiger partial charge in [0.1, 0.15) is 5.70 Å². The summed E-state index contributed by atoms with van der Waals surface area (Å²) in [7, 11) is 4.03. The number of amidine groups is 1. The maximum Gasteiger partial charge on any atom is 0.276 e. The van der Waals surface area contributed by atoms with Gasteiger partial charge in [0, 0.05) is 30.8 Å². The molecule has 1 N–H and O–H groups in total. The molecule has 0 aromatic heterocycles. The predicted molar refractivity (Wildman–Crippen MR) is 119 cm³/mol. The molecule has 0 bridgehead atoms. The van der Waals surface area contributed by atoms with Crippen molar-refractivity contribution in [1.29, 1.82) is 0 Å². The number of anilines is 1. The third-order valence-corrected chi connectivity index (χ3v) is 5.91. The number of unbranched alkanes of at least 4 members (excludes halogenated alkanes) is 1. The maximum atomic E-state index is 13.0. The zero-order chi connectivity index (χ0) is 20.4. The van der Waals surface area contributed by atoms with Gasteiger partial charge in [-0.25, -0.2) is 5.01 Å². The molecule has 150 valence electrons. The number of thioether (sulfide) groups is 1. The Hall–Kier alpha value is -2.80. The summed E-state index contributed by atoms with van der Waals surface area (Å²) in [5, 5.41) is 11.8. The topological polar surface area (TPSA) is 60.3 Å². The van der Waals surface area contributed by atoms with Crippen molar-refractivity contribution in [3.8, 4) is 0 Å². The molecule has 0 fully saturated rings. The number of carbonyl (C=O) groups is 1.